The molecule has 124 valence electrons. The van der Waals surface area contributed by atoms with E-state index in [4.69, 9.17) is 28.9 Å². The fourth-order valence-corrected chi connectivity index (χ4v) is 4.01. The van der Waals surface area contributed by atoms with Gasteiger partial charge in [0.15, 0.2) is 4.77 Å². The van der Waals surface area contributed by atoms with Crippen LogP contribution in [0.5, 0.6) is 0 Å². The van der Waals surface area contributed by atoms with Gasteiger partial charge in [0.05, 0.1) is 11.9 Å². The summed E-state index contributed by atoms with van der Waals surface area (Å²) in [5.41, 5.74) is 3.12. The van der Waals surface area contributed by atoms with Crippen LogP contribution in [0.1, 0.15) is 23.8 Å². The molecule has 0 amide bonds. The molecule has 3 aromatic rings. The third kappa shape index (κ3) is 2.64. The van der Waals surface area contributed by atoms with E-state index in [0.29, 0.717) is 11.3 Å². The van der Waals surface area contributed by atoms with E-state index >= 15 is 0 Å². The zero-order chi connectivity index (χ0) is 16.7. The summed E-state index contributed by atoms with van der Waals surface area (Å²) >= 11 is 11.3. The molecule has 0 spiro atoms. The molecule has 0 bridgehead atoms. The molecule has 0 atom stereocenters. The number of fused-ring (bicyclic) bond motifs is 3. The van der Waals surface area contributed by atoms with Crippen molar-refractivity contribution in [1.82, 2.24) is 14.5 Å². The average Bonchev–Trinajstić information content (AvgIpc) is 2.96. The second-order valence-electron chi connectivity index (χ2n) is 6.13. The van der Waals surface area contributed by atoms with Gasteiger partial charge in [-0.3, -0.25) is 4.90 Å². The molecule has 4 rings (SSSR count). The summed E-state index contributed by atoms with van der Waals surface area (Å²) in [6.45, 7) is 5.80. The largest absolute Gasteiger partial charge is 0.444 e. The highest BCUT2D eigenvalue weighted by Gasteiger charge is 2.23. The van der Waals surface area contributed by atoms with E-state index in [9.17, 15) is 0 Å². The van der Waals surface area contributed by atoms with Crippen LogP contribution in [0.3, 0.4) is 0 Å². The number of nitrogens with one attached hydrogen (secondary N) is 1. The van der Waals surface area contributed by atoms with E-state index in [0.717, 1.165) is 47.6 Å². The number of aromatic amines is 1. The molecular formula is C18H19N3OS2. The molecule has 4 nitrogen and oxygen atoms in total. The molecule has 1 aliphatic heterocycles. The van der Waals surface area contributed by atoms with Crippen LogP contribution in [-0.2, 0) is 19.5 Å². The van der Waals surface area contributed by atoms with Crippen LogP contribution in [-0.4, -0.2) is 27.5 Å². The van der Waals surface area contributed by atoms with Gasteiger partial charge in [-0.1, -0.05) is 49.5 Å². The van der Waals surface area contributed by atoms with Crippen molar-refractivity contribution in [3.05, 3.63) is 56.6 Å². The van der Waals surface area contributed by atoms with Gasteiger partial charge in [0.1, 0.15) is 10.4 Å². The van der Waals surface area contributed by atoms with Gasteiger partial charge in [0.2, 0.25) is 5.71 Å². The van der Waals surface area contributed by atoms with Gasteiger partial charge in [-0.15, -0.1) is 0 Å². The van der Waals surface area contributed by atoms with Gasteiger partial charge in [0.25, 0.3) is 0 Å². The lowest BCUT2D eigenvalue weighted by Gasteiger charge is -2.24. The van der Waals surface area contributed by atoms with Gasteiger partial charge >= 0.3 is 0 Å². The van der Waals surface area contributed by atoms with E-state index < -0.39 is 0 Å². The first-order valence-corrected chi connectivity index (χ1v) is 9.02. The molecule has 0 saturated heterocycles. The highest BCUT2D eigenvalue weighted by Crippen LogP contribution is 2.30. The standard InChI is InChI=1S/C18H19N3OS2/c1-2-20-9-8-14-13(11-20)15-16(22-14)19-18(24)21(17(15)23)10-12-6-4-3-5-7-12/h3-7H,2,8-11H2,1H3,(H,19,24). The van der Waals surface area contributed by atoms with E-state index in [1.165, 1.54) is 11.1 Å². The maximum Gasteiger partial charge on any atom is 0.209 e. The molecule has 1 aromatic carbocycles. The molecule has 1 aliphatic rings. The number of likely N-dealkylation sites (N-methyl/N-ethyl adjacent to an activating group) is 1. The van der Waals surface area contributed by atoms with Gasteiger partial charge in [-0.05, 0) is 24.3 Å². The van der Waals surface area contributed by atoms with Crippen LogP contribution < -0.4 is 0 Å². The normalized spacial score (nSPS) is 14.9. The van der Waals surface area contributed by atoms with E-state index in [1.54, 1.807) is 0 Å². The predicted octanol–water partition coefficient (Wildman–Crippen LogP) is 4.45. The topological polar surface area (TPSA) is 37.1 Å². The summed E-state index contributed by atoms with van der Waals surface area (Å²) in [6.07, 6.45) is 0.923. The number of furan rings is 1. The Morgan fingerprint density at radius 3 is 2.75 bits per heavy atom. The van der Waals surface area contributed by atoms with Crippen molar-refractivity contribution in [2.45, 2.75) is 26.4 Å². The lowest BCUT2D eigenvalue weighted by Crippen LogP contribution is -2.29. The first kappa shape index (κ1) is 15.7. The molecule has 1 N–H and O–H groups in total. The summed E-state index contributed by atoms with van der Waals surface area (Å²) in [4.78, 5) is 5.65. The van der Waals surface area contributed by atoms with Gasteiger partial charge < -0.3 is 14.0 Å². The van der Waals surface area contributed by atoms with Crippen LogP contribution in [0.15, 0.2) is 34.7 Å². The third-order valence-electron chi connectivity index (χ3n) is 4.68. The number of H-pyrrole nitrogens is 1. The molecule has 24 heavy (non-hydrogen) atoms. The van der Waals surface area contributed by atoms with Gasteiger partial charge in [0, 0.05) is 25.1 Å². The van der Waals surface area contributed by atoms with Gasteiger partial charge in [-0.25, -0.2) is 0 Å². The Kier molecular flexibility index (Phi) is 4.12. The number of hydrogen-bond donors (Lipinski definition) is 1. The molecule has 3 heterocycles. The quantitative estimate of drug-likeness (QED) is 0.703. The number of aromatic nitrogens is 2. The summed E-state index contributed by atoms with van der Waals surface area (Å²) in [5, 5.41) is 1.02. The van der Waals surface area contributed by atoms with E-state index in [-0.39, 0.29) is 0 Å². The lowest BCUT2D eigenvalue weighted by atomic mass is 10.1. The SMILES string of the molecule is CCN1CCc2oc3[nH]c(=S)n(Cc4ccccc4)c(=S)c3c2C1. The van der Waals surface area contributed by atoms with E-state index in [2.05, 4.69) is 28.9 Å². The highest BCUT2D eigenvalue weighted by molar-refractivity contribution is 7.72. The van der Waals surface area contributed by atoms with Crippen LogP contribution in [0.25, 0.3) is 11.1 Å². The maximum absolute atomic E-state index is 6.02. The zero-order valence-corrected chi connectivity index (χ0v) is 15.2. The van der Waals surface area contributed by atoms with Crippen molar-refractivity contribution in [2.75, 3.05) is 13.1 Å². The number of nitrogens with zero attached hydrogens (tertiary/aromatic N) is 2. The Labute approximate surface area is 150 Å². The van der Waals surface area contributed by atoms with Crippen molar-refractivity contribution >= 4 is 35.5 Å². The predicted molar refractivity (Wildman–Crippen MR) is 100 cm³/mol. The minimum atomic E-state index is 0.606. The molecule has 0 radical (unpaired) electrons. The summed E-state index contributed by atoms with van der Waals surface area (Å²) in [7, 11) is 0. The van der Waals surface area contributed by atoms with Crippen molar-refractivity contribution in [3.63, 3.8) is 0 Å². The summed E-state index contributed by atoms with van der Waals surface area (Å²) in [5.74, 6) is 1.05. The molecule has 0 aliphatic carbocycles. The molecule has 0 saturated carbocycles. The van der Waals surface area contributed by atoms with Crippen LogP contribution in [0.2, 0.25) is 0 Å². The fourth-order valence-electron chi connectivity index (χ4n) is 3.33. The summed E-state index contributed by atoms with van der Waals surface area (Å²) < 4.78 is 9.38. The molecule has 0 unspecified atom stereocenters. The zero-order valence-electron chi connectivity index (χ0n) is 13.5. The number of benzene rings is 1. The van der Waals surface area contributed by atoms with Gasteiger partial charge in [-0.2, -0.15) is 0 Å². The lowest BCUT2D eigenvalue weighted by molar-refractivity contribution is 0.256. The van der Waals surface area contributed by atoms with Crippen molar-refractivity contribution in [3.8, 4) is 0 Å². The van der Waals surface area contributed by atoms with Crippen LogP contribution >= 0.6 is 24.4 Å². The monoisotopic (exact) mass is 357 g/mol. The minimum Gasteiger partial charge on any atom is -0.444 e. The Morgan fingerprint density at radius 1 is 1.21 bits per heavy atom. The Hall–Kier alpha value is -1.76. The second-order valence-corrected chi connectivity index (χ2v) is 6.91. The van der Waals surface area contributed by atoms with Crippen LogP contribution in [0.4, 0.5) is 0 Å². The molecule has 6 heteroatoms. The third-order valence-corrected chi connectivity index (χ3v) is 5.43. The number of rotatable bonds is 3. The molecule has 2 aromatic heterocycles. The smallest absolute Gasteiger partial charge is 0.209 e. The maximum atomic E-state index is 6.02. The van der Waals surface area contributed by atoms with E-state index in [1.807, 2.05) is 22.8 Å². The fraction of sp³-hybridized carbons (Fsp3) is 0.333. The van der Waals surface area contributed by atoms with Crippen molar-refractivity contribution < 1.29 is 4.42 Å². The number of hydrogen-bond acceptors (Lipinski definition) is 4. The molecule has 0 fully saturated rings. The minimum absolute atomic E-state index is 0.606. The first-order chi connectivity index (χ1) is 11.7. The average molecular weight is 358 g/mol. The first-order valence-electron chi connectivity index (χ1n) is 8.21. The van der Waals surface area contributed by atoms with Crippen LogP contribution in [0, 0.1) is 9.41 Å². The highest BCUT2D eigenvalue weighted by atomic mass is 32.1. The molecular weight excluding hydrogens is 338 g/mol. The Bertz CT molecular complexity index is 1000. The Balaban J connectivity index is 1.87. The van der Waals surface area contributed by atoms with Crippen molar-refractivity contribution in [1.29, 1.82) is 0 Å². The Morgan fingerprint density at radius 2 is 2.00 bits per heavy atom. The summed E-state index contributed by atoms with van der Waals surface area (Å²) in [6, 6.07) is 10.2. The second kappa shape index (κ2) is 6.27. The van der Waals surface area contributed by atoms with Crippen molar-refractivity contribution in [2.24, 2.45) is 0 Å².